The van der Waals surface area contributed by atoms with Crippen LogP contribution in [0.2, 0.25) is 0 Å². The van der Waals surface area contributed by atoms with Gasteiger partial charge in [0.05, 0.1) is 6.10 Å². The first-order valence-corrected chi connectivity index (χ1v) is 8.90. The van der Waals surface area contributed by atoms with Gasteiger partial charge in [0, 0.05) is 18.6 Å². The van der Waals surface area contributed by atoms with E-state index in [-0.39, 0.29) is 12.7 Å². The molecule has 4 nitrogen and oxygen atoms in total. The molecule has 1 aliphatic carbocycles. The topological polar surface area (TPSA) is 72.6 Å². The summed E-state index contributed by atoms with van der Waals surface area (Å²) in [5, 5.41) is 9.40. The lowest BCUT2D eigenvalue weighted by atomic mass is 9.88. The Morgan fingerprint density at radius 1 is 1.12 bits per heavy atom. The summed E-state index contributed by atoms with van der Waals surface area (Å²) >= 11 is 0. The summed E-state index contributed by atoms with van der Waals surface area (Å²) in [7, 11) is 0. The molecule has 2 atom stereocenters. The van der Waals surface area contributed by atoms with Gasteiger partial charge < -0.3 is 15.6 Å². The number of ether oxygens (including phenoxy) is 1. The second-order valence-corrected chi connectivity index (χ2v) is 6.80. The predicted octanol–water partition coefficient (Wildman–Crippen LogP) is 3.31. The molecule has 132 valence electrons. The molecule has 2 aromatic rings. The lowest BCUT2D eigenvalue weighted by molar-refractivity contribution is 0.0920. The molecule has 0 aliphatic heterocycles. The molecule has 0 saturated heterocycles. The van der Waals surface area contributed by atoms with Crippen LogP contribution in [0.15, 0.2) is 48.5 Å². The van der Waals surface area contributed by atoms with E-state index >= 15 is 0 Å². The van der Waals surface area contributed by atoms with Gasteiger partial charge in [-0.25, -0.2) is 0 Å². The second kappa shape index (κ2) is 8.17. The largest absolute Gasteiger partial charge is 0.490 e. The molecule has 4 heteroatoms. The van der Waals surface area contributed by atoms with Gasteiger partial charge in [0.15, 0.2) is 0 Å². The molecule has 3 N–H and O–H groups in total. The molecule has 1 fully saturated rings. The standard InChI is InChI=1S/C21H25NO3/c22-21(24)17-10-8-15(9-11-17)12-18-5-1-2-7-20(18)25-19-6-3-4-16(13-19)14-23/h1-2,5,7-11,16,19,23H,3-4,6,12-14H2,(H2,22,24)/t16-,19+/m1/s1. The fraction of sp³-hybridized carbons (Fsp3) is 0.381. The van der Waals surface area contributed by atoms with E-state index in [1.54, 1.807) is 12.1 Å². The van der Waals surface area contributed by atoms with Crippen molar-refractivity contribution in [3.05, 3.63) is 65.2 Å². The molecule has 2 aromatic carbocycles. The number of amides is 1. The molecule has 0 spiro atoms. The molecular formula is C21H25NO3. The van der Waals surface area contributed by atoms with Crippen molar-refractivity contribution in [3.8, 4) is 5.75 Å². The number of primary amides is 1. The molecule has 0 unspecified atom stereocenters. The highest BCUT2D eigenvalue weighted by Gasteiger charge is 2.23. The van der Waals surface area contributed by atoms with Crippen molar-refractivity contribution >= 4 is 5.91 Å². The molecular weight excluding hydrogens is 314 g/mol. The zero-order chi connectivity index (χ0) is 17.6. The number of carbonyl (C=O) groups excluding carboxylic acids is 1. The summed E-state index contributed by atoms with van der Waals surface area (Å²) in [5.41, 5.74) is 8.04. The Morgan fingerprint density at radius 2 is 1.88 bits per heavy atom. The lowest BCUT2D eigenvalue weighted by Crippen LogP contribution is -2.27. The third-order valence-corrected chi connectivity index (χ3v) is 4.89. The highest BCUT2D eigenvalue weighted by atomic mass is 16.5. The van der Waals surface area contributed by atoms with Crippen LogP contribution in [0.4, 0.5) is 0 Å². The molecule has 1 amide bonds. The number of nitrogens with two attached hydrogens (primary N) is 1. The van der Waals surface area contributed by atoms with Crippen LogP contribution in [-0.4, -0.2) is 23.7 Å². The van der Waals surface area contributed by atoms with Gasteiger partial charge in [0.2, 0.25) is 5.91 Å². The monoisotopic (exact) mass is 339 g/mol. The summed E-state index contributed by atoms with van der Waals surface area (Å²) in [6, 6.07) is 15.5. The van der Waals surface area contributed by atoms with Crippen molar-refractivity contribution in [2.45, 2.75) is 38.2 Å². The third-order valence-electron chi connectivity index (χ3n) is 4.89. The first-order chi connectivity index (χ1) is 12.2. The van der Waals surface area contributed by atoms with Crippen molar-refractivity contribution < 1.29 is 14.6 Å². The normalized spacial score (nSPS) is 20.2. The van der Waals surface area contributed by atoms with Crippen molar-refractivity contribution in [1.29, 1.82) is 0 Å². The summed E-state index contributed by atoms with van der Waals surface area (Å²) in [6.07, 6.45) is 5.06. The lowest BCUT2D eigenvalue weighted by Gasteiger charge is -2.29. The molecule has 25 heavy (non-hydrogen) atoms. The average molecular weight is 339 g/mol. The van der Waals surface area contributed by atoms with Crippen LogP contribution >= 0.6 is 0 Å². The Bertz CT molecular complexity index is 711. The summed E-state index contributed by atoms with van der Waals surface area (Å²) in [6.45, 7) is 0.244. The minimum atomic E-state index is -0.411. The van der Waals surface area contributed by atoms with Gasteiger partial charge in [0.25, 0.3) is 0 Å². The number of hydrogen-bond acceptors (Lipinski definition) is 3. The van der Waals surface area contributed by atoms with Gasteiger partial charge in [-0.15, -0.1) is 0 Å². The van der Waals surface area contributed by atoms with Crippen molar-refractivity contribution in [2.24, 2.45) is 11.7 Å². The van der Waals surface area contributed by atoms with Gasteiger partial charge in [-0.1, -0.05) is 30.3 Å². The van der Waals surface area contributed by atoms with Crippen LogP contribution in [0.1, 0.15) is 47.2 Å². The summed E-state index contributed by atoms with van der Waals surface area (Å²) in [5.74, 6) is 0.850. The number of rotatable bonds is 6. The Hall–Kier alpha value is -2.33. The Morgan fingerprint density at radius 3 is 2.60 bits per heavy atom. The fourth-order valence-corrected chi connectivity index (χ4v) is 3.47. The maximum Gasteiger partial charge on any atom is 0.248 e. The quantitative estimate of drug-likeness (QED) is 0.848. The first-order valence-electron chi connectivity index (χ1n) is 8.90. The van der Waals surface area contributed by atoms with Gasteiger partial charge >= 0.3 is 0 Å². The van der Waals surface area contributed by atoms with Gasteiger partial charge in [-0.2, -0.15) is 0 Å². The number of hydrogen-bond donors (Lipinski definition) is 2. The third kappa shape index (κ3) is 4.60. The first kappa shape index (κ1) is 17.5. The minimum absolute atomic E-state index is 0.171. The number of aliphatic hydroxyl groups is 1. The van der Waals surface area contributed by atoms with Gasteiger partial charge in [0.1, 0.15) is 5.75 Å². The van der Waals surface area contributed by atoms with E-state index in [1.807, 2.05) is 30.3 Å². The van der Waals surface area contributed by atoms with Gasteiger partial charge in [-0.3, -0.25) is 4.79 Å². The van der Waals surface area contributed by atoms with Crippen LogP contribution in [0.5, 0.6) is 5.75 Å². The number of para-hydroxylation sites is 1. The predicted molar refractivity (Wildman–Crippen MR) is 97.7 cm³/mol. The highest BCUT2D eigenvalue weighted by molar-refractivity contribution is 5.92. The molecule has 1 aliphatic rings. The zero-order valence-corrected chi connectivity index (χ0v) is 14.4. The van der Waals surface area contributed by atoms with Gasteiger partial charge in [-0.05, 0) is 60.9 Å². The van der Waals surface area contributed by atoms with E-state index in [0.29, 0.717) is 11.5 Å². The molecule has 0 radical (unpaired) electrons. The van der Waals surface area contributed by atoms with E-state index in [1.165, 1.54) is 0 Å². The Balaban J connectivity index is 1.71. The van der Waals surface area contributed by atoms with E-state index in [2.05, 4.69) is 6.07 Å². The maximum atomic E-state index is 11.2. The zero-order valence-electron chi connectivity index (χ0n) is 14.4. The number of aliphatic hydroxyl groups excluding tert-OH is 1. The average Bonchev–Trinajstić information content (AvgIpc) is 2.64. The van der Waals surface area contributed by atoms with Crippen molar-refractivity contribution in [1.82, 2.24) is 0 Å². The van der Waals surface area contributed by atoms with Crippen LogP contribution in [0, 0.1) is 5.92 Å². The SMILES string of the molecule is NC(=O)c1ccc(Cc2ccccc2O[C@H]2CCC[C@@H](CO)C2)cc1. The Kier molecular flexibility index (Phi) is 5.71. The van der Waals surface area contributed by atoms with E-state index < -0.39 is 5.91 Å². The number of carbonyl (C=O) groups is 1. The maximum absolute atomic E-state index is 11.2. The molecule has 3 rings (SSSR count). The van der Waals surface area contributed by atoms with Crippen LogP contribution in [-0.2, 0) is 6.42 Å². The minimum Gasteiger partial charge on any atom is -0.490 e. The molecule has 1 saturated carbocycles. The summed E-state index contributed by atoms with van der Waals surface area (Å²) in [4.78, 5) is 11.2. The van der Waals surface area contributed by atoms with E-state index in [0.717, 1.165) is 49.0 Å². The van der Waals surface area contributed by atoms with E-state index in [9.17, 15) is 9.90 Å². The highest BCUT2D eigenvalue weighted by Crippen LogP contribution is 2.30. The second-order valence-electron chi connectivity index (χ2n) is 6.80. The van der Waals surface area contributed by atoms with E-state index in [4.69, 9.17) is 10.5 Å². The van der Waals surface area contributed by atoms with Crippen molar-refractivity contribution in [2.75, 3.05) is 6.61 Å². The van der Waals surface area contributed by atoms with Crippen LogP contribution in [0.25, 0.3) is 0 Å². The number of benzene rings is 2. The Labute approximate surface area is 148 Å². The van der Waals surface area contributed by atoms with Crippen molar-refractivity contribution in [3.63, 3.8) is 0 Å². The molecule has 0 bridgehead atoms. The fourth-order valence-electron chi connectivity index (χ4n) is 3.47. The summed E-state index contributed by atoms with van der Waals surface area (Å²) < 4.78 is 6.27. The molecule has 0 aromatic heterocycles. The van der Waals surface area contributed by atoms with Crippen LogP contribution < -0.4 is 10.5 Å². The molecule has 0 heterocycles. The smallest absolute Gasteiger partial charge is 0.248 e. The van der Waals surface area contributed by atoms with Crippen LogP contribution in [0.3, 0.4) is 0 Å².